The van der Waals surface area contributed by atoms with Crippen molar-refractivity contribution in [3.63, 3.8) is 0 Å². The van der Waals surface area contributed by atoms with Crippen LogP contribution in [0, 0.1) is 0 Å². The van der Waals surface area contributed by atoms with Crippen LogP contribution in [0.5, 0.6) is 5.75 Å². The maximum atomic E-state index is 5.19. The summed E-state index contributed by atoms with van der Waals surface area (Å²) >= 11 is 3.43. The Hall–Kier alpha value is -1.56. The molecule has 1 aromatic carbocycles. The fourth-order valence-corrected chi connectivity index (χ4v) is 1.92. The van der Waals surface area contributed by atoms with E-state index < -0.39 is 0 Å². The van der Waals surface area contributed by atoms with Crippen molar-refractivity contribution in [2.24, 2.45) is 7.05 Å². The van der Waals surface area contributed by atoms with Crippen LogP contribution in [0.3, 0.4) is 0 Å². The molecule has 0 aliphatic heterocycles. The second-order valence-electron chi connectivity index (χ2n) is 3.53. The van der Waals surface area contributed by atoms with E-state index in [4.69, 9.17) is 4.74 Å². The molecule has 1 aromatic heterocycles. The molecule has 0 amide bonds. The molecular formula is C11H13BrN4O. The molecule has 0 unspecified atom stereocenters. The van der Waals surface area contributed by atoms with Gasteiger partial charge in [0.2, 0.25) is 0 Å². The van der Waals surface area contributed by atoms with Gasteiger partial charge >= 0.3 is 0 Å². The summed E-state index contributed by atoms with van der Waals surface area (Å²) in [7, 11) is 3.51. The molecule has 0 fully saturated rings. The number of hydrogen-bond acceptors (Lipinski definition) is 4. The summed E-state index contributed by atoms with van der Waals surface area (Å²) in [5.74, 6) is 1.68. The van der Waals surface area contributed by atoms with Crippen LogP contribution in [0.4, 0.5) is 5.69 Å². The fourth-order valence-electron chi connectivity index (χ4n) is 1.44. The van der Waals surface area contributed by atoms with Crippen LogP contribution in [-0.4, -0.2) is 21.9 Å². The highest BCUT2D eigenvalue weighted by Gasteiger charge is 2.02. The third-order valence-electron chi connectivity index (χ3n) is 2.36. The first-order valence-corrected chi connectivity index (χ1v) is 5.89. The first-order valence-electron chi connectivity index (χ1n) is 5.10. The van der Waals surface area contributed by atoms with Crippen molar-refractivity contribution in [2.75, 3.05) is 12.4 Å². The highest BCUT2D eigenvalue weighted by atomic mass is 79.9. The molecule has 0 bridgehead atoms. The minimum atomic E-state index is 0.621. The molecule has 2 rings (SSSR count). The van der Waals surface area contributed by atoms with Crippen LogP contribution in [0.25, 0.3) is 0 Å². The molecule has 2 aromatic rings. The van der Waals surface area contributed by atoms with Gasteiger partial charge in [0.05, 0.1) is 13.7 Å². The monoisotopic (exact) mass is 296 g/mol. The number of methoxy groups -OCH3 is 1. The topological polar surface area (TPSA) is 52.0 Å². The smallest absolute Gasteiger partial charge is 0.145 e. The summed E-state index contributed by atoms with van der Waals surface area (Å²) in [5.41, 5.74) is 0.972. The Balaban J connectivity index is 2.09. The van der Waals surface area contributed by atoms with Crippen LogP contribution in [0.1, 0.15) is 5.82 Å². The predicted octanol–water partition coefficient (Wildman–Crippen LogP) is 2.20. The summed E-state index contributed by atoms with van der Waals surface area (Å²) in [6, 6.07) is 5.83. The Morgan fingerprint density at radius 3 is 2.88 bits per heavy atom. The highest BCUT2D eigenvalue weighted by molar-refractivity contribution is 9.10. The number of aryl methyl sites for hydroxylation is 1. The molecule has 6 heteroatoms. The number of ether oxygens (including phenoxy) is 1. The van der Waals surface area contributed by atoms with Gasteiger partial charge in [-0.1, -0.05) is 15.9 Å². The molecule has 0 atom stereocenters. The number of rotatable bonds is 4. The van der Waals surface area contributed by atoms with Crippen LogP contribution in [0.15, 0.2) is 29.0 Å². The molecule has 1 heterocycles. The quantitative estimate of drug-likeness (QED) is 0.940. The van der Waals surface area contributed by atoms with Gasteiger partial charge in [-0.15, -0.1) is 0 Å². The Labute approximate surface area is 108 Å². The summed E-state index contributed by atoms with van der Waals surface area (Å²) < 4.78 is 7.90. The molecule has 1 N–H and O–H groups in total. The van der Waals surface area contributed by atoms with Gasteiger partial charge in [-0.3, -0.25) is 4.68 Å². The third kappa shape index (κ3) is 2.97. The van der Waals surface area contributed by atoms with Crippen molar-refractivity contribution >= 4 is 21.6 Å². The average molecular weight is 297 g/mol. The lowest BCUT2D eigenvalue weighted by molar-refractivity contribution is 0.414. The SMILES string of the molecule is COc1cc(Br)cc(NCc2ncnn2C)c1. The van der Waals surface area contributed by atoms with Gasteiger partial charge in [0.25, 0.3) is 0 Å². The maximum Gasteiger partial charge on any atom is 0.145 e. The molecule has 90 valence electrons. The Kier molecular flexibility index (Phi) is 3.63. The van der Waals surface area contributed by atoms with E-state index in [2.05, 4.69) is 31.3 Å². The van der Waals surface area contributed by atoms with E-state index in [1.807, 2.05) is 25.2 Å². The molecule has 0 radical (unpaired) electrons. The van der Waals surface area contributed by atoms with Gasteiger partial charge in [-0.25, -0.2) is 4.98 Å². The maximum absolute atomic E-state index is 5.19. The van der Waals surface area contributed by atoms with E-state index in [-0.39, 0.29) is 0 Å². The minimum Gasteiger partial charge on any atom is -0.497 e. The van der Waals surface area contributed by atoms with Gasteiger partial charge in [0.1, 0.15) is 17.9 Å². The summed E-state index contributed by atoms with van der Waals surface area (Å²) in [5, 5.41) is 7.28. The van der Waals surface area contributed by atoms with Gasteiger partial charge in [0.15, 0.2) is 0 Å². The lowest BCUT2D eigenvalue weighted by Crippen LogP contribution is -2.06. The standard InChI is InChI=1S/C11H13BrN4O/c1-16-11(14-7-15-16)6-13-9-3-8(12)4-10(5-9)17-2/h3-5,7,13H,6H2,1-2H3. The van der Waals surface area contributed by atoms with Crippen LogP contribution in [0.2, 0.25) is 0 Å². The predicted molar refractivity (Wildman–Crippen MR) is 69.0 cm³/mol. The van der Waals surface area contributed by atoms with E-state index in [1.54, 1.807) is 18.1 Å². The number of nitrogens with one attached hydrogen (secondary N) is 1. The molecule has 5 nitrogen and oxygen atoms in total. The van der Waals surface area contributed by atoms with E-state index in [0.717, 1.165) is 21.7 Å². The first-order chi connectivity index (χ1) is 8.19. The molecule has 0 aliphatic rings. The van der Waals surface area contributed by atoms with Gasteiger partial charge in [0, 0.05) is 23.3 Å². The Morgan fingerprint density at radius 2 is 2.24 bits per heavy atom. The average Bonchev–Trinajstić information content (AvgIpc) is 2.71. The van der Waals surface area contributed by atoms with Crippen molar-refractivity contribution in [2.45, 2.75) is 6.54 Å². The minimum absolute atomic E-state index is 0.621. The Morgan fingerprint density at radius 1 is 1.41 bits per heavy atom. The van der Waals surface area contributed by atoms with Crippen molar-refractivity contribution in [1.29, 1.82) is 0 Å². The van der Waals surface area contributed by atoms with E-state index in [0.29, 0.717) is 6.54 Å². The number of nitrogens with zero attached hydrogens (tertiary/aromatic N) is 3. The molecule has 17 heavy (non-hydrogen) atoms. The number of halogens is 1. The van der Waals surface area contributed by atoms with Crippen molar-refractivity contribution in [3.8, 4) is 5.75 Å². The van der Waals surface area contributed by atoms with Crippen LogP contribution >= 0.6 is 15.9 Å². The van der Waals surface area contributed by atoms with Crippen LogP contribution in [-0.2, 0) is 13.6 Å². The second kappa shape index (κ2) is 5.18. The van der Waals surface area contributed by atoms with Gasteiger partial charge in [-0.2, -0.15) is 5.10 Å². The van der Waals surface area contributed by atoms with Gasteiger partial charge in [-0.05, 0) is 12.1 Å². The molecular weight excluding hydrogens is 284 g/mol. The number of hydrogen-bond donors (Lipinski definition) is 1. The zero-order valence-electron chi connectivity index (χ0n) is 9.64. The zero-order chi connectivity index (χ0) is 12.3. The fraction of sp³-hybridized carbons (Fsp3) is 0.273. The summed E-state index contributed by atoms with van der Waals surface area (Å²) in [4.78, 5) is 4.14. The summed E-state index contributed by atoms with van der Waals surface area (Å²) in [6.45, 7) is 0.621. The first kappa shape index (κ1) is 11.9. The van der Waals surface area contributed by atoms with Gasteiger partial charge < -0.3 is 10.1 Å². The molecule has 0 saturated carbocycles. The molecule has 0 spiro atoms. The highest BCUT2D eigenvalue weighted by Crippen LogP contribution is 2.24. The van der Waals surface area contributed by atoms with Crippen LogP contribution < -0.4 is 10.1 Å². The lowest BCUT2D eigenvalue weighted by Gasteiger charge is -2.08. The van der Waals surface area contributed by atoms with Crippen molar-refractivity contribution in [3.05, 3.63) is 34.8 Å². The van der Waals surface area contributed by atoms with Crippen molar-refractivity contribution < 1.29 is 4.74 Å². The lowest BCUT2D eigenvalue weighted by atomic mass is 10.3. The molecule has 0 saturated heterocycles. The van der Waals surface area contributed by atoms with E-state index >= 15 is 0 Å². The zero-order valence-corrected chi connectivity index (χ0v) is 11.2. The molecule has 0 aliphatic carbocycles. The summed E-state index contributed by atoms with van der Waals surface area (Å²) in [6.07, 6.45) is 1.54. The normalized spacial score (nSPS) is 10.3. The second-order valence-corrected chi connectivity index (χ2v) is 4.45. The largest absolute Gasteiger partial charge is 0.497 e. The number of aromatic nitrogens is 3. The Bertz CT molecular complexity index is 512. The number of anilines is 1. The van der Waals surface area contributed by atoms with E-state index in [1.165, 1.54) is 0 Å². The number of benzene rings is 1. The van der Waals surface area contributed by atoms with Crippen molar-refractivity contribution in [1.82, 2.24) is 14.8 Å². The van der Waals surface area contributed by atoms with E-state index in [9.17, 15) is 0 Å². The third-order valence-corrected chi connectivity index (χ3v) is 2.82.